The lowest BCUT2D eigenvalue weighted by molar-refractivity contribution is -0.117. The molecule has 0 aliphatic carbocycles. The van der Waals surface area contributed by atoms with Crippen LogP contribution in [0.4, 0.5) is 16.2 Å². The Bertz CT molecular complexity index is 716. The molecular formula is C18H19N3O3. The van der Waals surface area contributed by atoms with Gasteiger partial charge in [0.25, 0.3) is 0 Å². The Balaban J connectivity index is 1.59. The molecule has 1 aliphatic heterocycles. The Kier molecular flexibility index (Phi) is 4.65. The molecule has 0 saturated carbocycles. The minimum atomic E-state index is -0.310. The molecule has 0 unspecified atom stereocenters. The number of nitrogens with zero attached hydrogens (tertiary/aromatic N) is 1. The number of ether oxygens (including phenoxy) is 1. The number of nitrogens with one attached hydrogen (secondary N) is 2. The predicted molar refractivity (Wildman–Crippen MR) is 92.3 cm³/mol. The van der Waals surface area contributed by atoms with E-state index in [0.717, 1.165) is 11.4 Å². The number of para-hydroxylation sites is 1. The average molecular weight is 325 g/mol. The van der Waals surface area contributed by atoms with Crippen LogP contribution in [0, 0.1) is 0 Å². The second kappa shape index (κ2) is 7.04. The van der Waals surface area contributed by atoms with E-state index in [-0.39, 0.29) is 24.4 Å². The van der Waals surface area contributed by atoms with Crippen molar-refractivity contribution in [2.24, 2.45) is 0 Å². The lowest BCUT2D eigenvalue weighted by atomic mass is 10.2. The highest BCUT2D eigenvalue weighted by Crippen LogP contribution is 2.24. The fourth-order valence-electron chi connectivity index (χ4n) is 2.69. The summed E-state index contributed by atoms with van der Waals surface area (Å²) in [7, 11) is 1.60. The third-order valence-corrected chi connectivity index (χ3v) is 3.88. The molecule has 1 fully saturated rings. The Hall–Kier alpha value is -3.02. The molecule has 2 aromatic rings. The van der Waals surface area contributed by atoms with Gasteiger partial charge < -0.3 is 20.3 Å². The number of carbonyl (C=O) groups excluding carboxylic acids is 2. The van der Waals surface area contributed by atoms with Crippen molar-refractivity contribution >= 4 is 23.3 Å². The molecule has 2 N–H and O–H groups in total. The van der Waals surface area contributed by atoms with Crippen LogP contribution in [0.15, 0.2) is 54.6 Å². The second-order valence-electron chi connectivity index (χ2n) is 5.57. The van der Waals surface area contributed by atoms with Crippen LogP contribution in [0.5, 0.6) is 5.75 Å². The van der Waals surface area contributed by atoms with Crippen molar-refractivity contribution in [3.63, 3.8) is 0 Å². The fourth-order valence-corrected chi connectivity index (χ4v) is 2.69. The minimum absolute atomic E-state index is 0.00909. The van der Waals surface area contributed by atoms with Gasteiger partial charge in [-0.3, -0.25) is 4.79 Å². The summed E-state index contributed by atoms with van der Waals surface area (Å²) in [4.78, 5) is 25.9. The number of hydrogen-bond acceptors (Lipinski definition) is 3. The Labute approximate surface area is 140 Å². The van der Waals surface area contributed by atoms with Crippen molar-refractivity contribution in [1.82, 2.24) is 5.32 Å². The summed E-state index contributed by atoms with van der Waals surface area (Å²) in [6.07, 6.45) is 0.286. The van der Waals surface area contributed by atoms with Gasteiger partial charge in [0.05, 0.1) is 13.2 Å². The number of hydrogen-bond donors (Lipinski definition) is 2. The summed E-state index contributed by atoms with van der Waals surface area (Å²) < 4.78 is 5.12. The van der Waals surface area contributed by atoms with E-state index in [0.29, 0.717) is 12.2 Å². The van der Waals surface area contributed by atoms with Crippen molar-refractivity contribution in [3.05, 3.63) is 54.6 Å². The van der Waals surface area contributed by atoms with Crippen LogP contribution in [0.1, 0.15) is 6.42 Å². The van der Waals surface area contributed by atoms with E-state index in [2.05, 4.69) is 10.6 Å². The summed E-state index contributed by atoms with van der Waals surface area (Å²) in [5, 5.41) is 5.60. The van der Waals surface area contributed by atoms with Crippen molar-refractivity contribution in [3.8, 4) is 5.75 Å². The molecule has 1 atom stereocenters. The van der Waals surface area contributed by atoms with Crippen molar-refractivity contribution in [2.75, 3.05) is 23.9 Å². The topological polar surface area (TPSA) is 70.7 Å². The molecule has 3 amide bonds. The summed E-state index contributed by atoms with van der Waals surface area (Å²) in [6.45, 7) is 0.452. The number of rotatable bonds is 4. The predicted octanol–water partition coefficient (Wildman–Crippen LogP) is 2.62. The van der Waals surface area contributed by atoms with E-state index in [1.54, 1.807) is 12.0 Å². The lowest BCUT2D eigenvalue weighted by Crippen LogP contribution is -2.39. The third-order valence-electron chi connectivity index (χ3n) is 3.88. The van der Waals surface area contributed by atoms with Crippen LogP contribution in [0.2, 0.25) is 0 Å². The quantitative estimate of drug-likeness (QED) is 0.908. The summed E-state index contributed by atoms with van der Waals surface area (Å²) in [6, 6.07) is 16.0. The standard InChI is InChI=1S/C18H19N3O3/c1-24-16-9-7-15(8-10-16)21-12-14(11-17(21)22)20-18(23)19-13-5-3-2-4-6-13/h2-10,14H,11-12H2,1H3,(H2,19,20,23)/t14-/m0/s1. The monoisotopic (exact) mass is 325 g/mol. The summed E-state index contributed by atoms with van der Waals surface area (Å²) >= 11 is 0. The molecular weight excluding hydrogens is 306 g/mol. The van der Waals surface area contributed by atoms with Crippen molar-refractivity contribution in [2.45, 2.75) is 12.5 Å². The molecule has 0 spiro atoms. The number of amides is 3. The zero-order chi connectivity index (χ0) is 16.9. The van der Waals surface area contributed by atoms with Gasteiger partial charge in [-0.25, -0.2) is 4.79 Å². The van der Waals surface area contributed by atoms with Crippen LogP contribution in [0.3, 0.4) is 0 Å². The second-order valence-corrected chi connectivity index (χ2v) is 5.57. The highest BCUT2D eigenvalue weighted by molar-refractivity contribution is 5.97. The molecule has 6 heteroatoms. The van der Waals surface area contributed by atoms with E-state index in [1.807, 2.05) is 54.6 Å². The first-order valence-corrected chi connectivity index (χ1v) is 7.72. The maximum absolute atomic E-state index is 12.2. The largest absolute Gasteiger partial charge is 0.497 e. The zero-order valence-corrected chi connectivity index (χ0v) is 13.4. The highest BCUT2D eigenvalue weighted by Gasteiger charge is 2.31. The van der Waals surface area contributed by atoms with E-state index in [9.17, 15) is 9.59 Å². The number of anilines is 2. The normalized spacial score (nSPS) is 16.8. The number of methoxy groups -OCH3 is 1. The van der Waals surface area contributed by atoms with Crippen LogP contribution in [-0.4, -0.2) is 31.6 Å². The van der Waals surface area contributed by atoms with E-state index in [1.165, 1.54) is 0 Å². The highest BCUT2D eigenvalue weighted by atomic mass is 16.5. The van der Waals surface area contributed by atoms with Gasteiger partial charge in [-0.15, -0.1) is 0 Å². The molecule has 124 valence electrons. The molecule has 1 aliphatic rings. The molecule has 6 nitrogen and oxygen atoms in total. The molecule has 2 aromatic carbocycles. The molecule has 0 aromatic heterocycles. The first kappa shape index (κ1) is 15.9. The molecule has 0 radical (unpaired) electrons. The average Bonchev–Trinajstić information content (AvgIpc) is 2.96. The first-order valence-electron chi connectivity index (χ1n) is 7.72. The van der Waals surface area contributed by atoms with Gasteiger partial charge in [0.2, 0.25) is 5.91 Å². The van der Waals surface area contributed by atoms with Crippen LogP contribution in [-0.2, 0) is 4.79 Å². The SMILES string of the molecule is COc1ccc(N2C[C@@H](NC(=O)Nc3ccccc3)CC2=O)cc1. The van der Waals surface area contributed by atoms with Gasteiger partial charge in [-0.05, 0) is 36.4 Å². The minimum Gasteiger partial charge on any atom is -0.497 e. The lowest BCUT2D eigenvalue weighted by Gasteiger charge is -2.17. The van der Waals surface area contributed by atoms with Gasteiger partial charge in [-0.2, -0.15) is 0 Å². The first-order chi connectivity index (χ1) is 11.7. The molecule has 3 rings (SSSR count). The van der Waals surface area contributed by atoms with Gasteiger partial charge >= 0.3 is 6.03 Å². The van der Waals surface area contributed by atoms with Crippen molar-refractivity contribution < 1.29 is 14.3 Å². The van der Waals surface area contributed by atoms with Crippen LogP contribution < -0.4 is 20.3 Å². The number of benzene rings is 2. The smallest absolute Gasteiger partial charge is 0.319 e. The molecule has 0 bridgehead atoms. The molecule has 1 heterocycles. The van der Waals surface area contributed by atoms with Gasteiger partial charge in [-0.1, -0.05) is 18.2 Å². The van der Waals surface area contributed by atoms with E-state index >= 15 is 0 Å². The summed E-state index contributed by atoms with van der Waals surface area (Å²) in [5.41, 5.74) is 1.51. The molecule has 24 heavy (non-hydrogen) atoms. The van der Waals surface area contributed by atoms with Crippen LogP contribution in [0.25, 0.3) is 0 Å². The van der Waals surface area contributed by atoms with Gasteiger partial charge in [0.15, 0.2) is 0 Å². The Morgan fingerprint density at radius 1 is 1.12 bits per heavy atom. The van der Waals surface area contributed by atoms with E-state index in [4.69, 9.17) is 4.74 Å². The van der Waals surface area contributed by atoms with E-state index < -0.39 is 0 Å². The maximum atomic E-state index is 12.2. The van der Waals surface area contributed by atoms with Crippen molar-refractivity contribution in [1.29, 1.82) is 0 Å². The number of carbonyl (C=O) groups is 2. The third kappa shape index (κ3) is 3.65. The number of urea groups is 1. The van der Waals surface area contributed by atoms with Gasteiger partial charge in [0.1, 0.15) is 5.75 Å². The maximum Gasteiger partial charge on any atom is 0.319 e. The van der Waals surface area contributed by atoms with Gasteiger partial charge in [0, 0.05) is 24.3 Å². The zero-order valence-electron chi connectivity index (χ0n) is 13.4. The Morgan fingerprint density at radius 3 is 2.50 bits per heavy atom. The molecule has 1 saturated heterocycles. The van der Waals surface area contributed by atoms with Crippen LogP contribution >= 0.6 is 0 Å². The summed E-state index contributed by atoms with van der Waals surface area (Å²) in [5.74, 6) is 0.729. The fraction of sp³-hybridized carbons (Fsp3) is 0.222. The Morgan fingerprint density at radius 2 is 1.83 bits per heavy atom.